The summed E-state index contributed by atoms with van der Waals surface area (Å²) >= 11 is 0. The van der Waals surface area contributed by atoms with Crippen molar-refractivity contribution in [2.24, 2.45) is 11.5 Å². The maximum absolute atomic E-state index is 9.13. The van der Waals surface area contributed by atoms with Crippen molar-refractivity contribution in [1.82, 2.24) is 0 Å². The summed E-state index contributed by atoms with van der Waals surface area (Å²) in [6, 6.07) is 16.3. The highest BCUT2D eigenvalue weighted by molar-refractivity contribution is 5.70. The third-order valence-electron chi connectivity index (χ3n) is 4.36. The van der Waals surface area contributed by atoms with Crippen LogP contribution < -0.4 is 11.5 Å². The molecule has 2 aromatic carbocycles. The standard InChI is InChI=1S/C20H28N2O2/c21-17(13-23)11-9-15-5-1-3-7-19(15)20-8-4-2-6-16(20)10-12-18(22)14-24/h1-8,17-18,23-24H,9-14,21-22H2. The predicted octanol–water partition coefficient (Wildman–Crippen LogP) is 1.86. The van der Waals surface area contributed by atoms with E-state index in [1.165, 1.54) is 22.3 Å². The second-order valence-electron chi connectivity index (χ2n) is 6.28. The molecule has 0 bridgehead atoms. The molecule has 0 spiro atoms. The summed E-state index contributed by atoms with van der Waals surface area (Å²) in [6.07, 6.45) is 3.18. The van der Waals surface area contributed by atoms with Gasteiger partial charge in [0, 0.05) is 12.1 Å². The van der Waals surface area contributed by atoms with Crippen molar-refractivity contribution in [2.45, 2.75) is 37.8 Å². The lowest BCUT2D eigenvalue weighted by molar-refractivity contribution is 0.260. The summed E-state index contributed by atoms with van der Waals surface area (Å²) in [5.74, 6) is 0. The molecular weight excluding hydrogens is 300 g/mol. The zero-order valence-electron chi connectivity index (χ0n) is 14.1. The number of rotatable bonds is 9. The Labute approximate surface area is 144 Å². The molecule has 24 heavy (non-hydrogen) atoms. The molecule has 6 N–H and O–H groups in total. The molecule has 0 amide bonds. The number of hydrogen-bond acceptors (Lipinski definition) is 4. The molecule has 4 heteroatoms. The molecule has 2 aromatic rings. The lowest BCUT2D eigenvalue weighted by Gasteiger charge is -2.16. The third kappa shape index (κ3) is 5.14. The van der Waals surface area contributed by atoms with Gasteiger partial charge in [0.1, 0.15) is 0 Å². The van der Waals surface area contributed by atoms with Gasteiger partial charge < -0.3 is 21.7 Å². The fraction of sp³-hybridized carbons (Fsp3) is 0.400. The van der Waals surface area contributed by atoms with E-state index in [-0.39, 0.29) is 25.3 Å². The number of hydrogen-bond donors (Lipinski definition) is 4. The molecule has 0 fully saturated rings. The van der Waals surface area contributed by atoms with Gasteiger partial charge in [-0.2, -0.15) is 0 Å². The first kappa shape index (κ1) is 18.6. The molecule has 0 saturated carbocycles. The van der Waals surface area contributed by atoms with E-state index in [1.807, 2.05) is 24.3 Å². The van der Waals surface area contributed by atoms with Crippen LogP contribution in [0.2, 0.25) is 0 Å². The summed E-state index contributed by atoms with van der Waals surface area (Å²) < 4.78 is 0. The van der Waals surface area contributed by atoms with Gasteiger partial charge in [0.05, 0.1) is 13.2 Å². The quantitative estimate of drug-likeness (QED) is 0.565. The first-order chi connectivity index (χ1) is 11.7. The van der Waals surface area contributed by atoms with Gasteiger partial charge >= 0.3 is 0 Å². The van der Waals surface area contributed by atoms with Gasteiger partial charge in [-0.3, -0.25) is 0 Å². The summed E-state index contributed by atoms with van der Waals surface area (Å²) in [5.41, 5.74) is 16.6. The van der Waals surface area contributed by atoms with E-state index < -0.39 is 0 Å². The first-order valence-electron chi connectivity index (χ1n) is 8.54. The molecule has 2 atom stereocenters. The molecule has 4 nitrogen and oxygen atoms in total. The van der Waals surface area contributed by atoms with Gasteiger partial charge in [0.25, 0.3) is 0 Å². The topological polar surface area (TPSA) is 92.5 Å². The van der Waals surface area contributed by atoms with E-state index in [9.17, 15) is 0 Å². The molecule has 0 aliphatic rings. The van der Waals surface area contributed by atoms with Crippen molar-refractivity contribution in [3.8, 4) is 11.1 Å². The number of nitrogens with two attached hydrogens (primary N) is 2. The molecule has 130 valence electrons. The molecule has 0 radical (unpaired) electrons. The van der Waals surface area contributed by atoms with E-state index >= 15 is 0 Å². The molecule has 0 aliphatic carbocycles. The Hall–Kier alpha value is -1.72. The minimum Gasteiger partial charge on any atom is -0.395 e. The highest BCUT2D eigenvalue weighted by Gasteiger charge is 2.11. The van der Waals surface area contributed by atoms with Gasteiger partial charge in [0.2, 0.25) is 0 Å². The highest BCUT2D eigenvalue weighted by atomic mass is 16.3. The fourth-order valence-corrected chi connectivity index (χ4v) is 2.87. The average molecular weight is 328 g/mol. The lowest BCUT2D eigenvalue weighted by Crippen LogP contribution is -2.25. The second-order valence-corrected chi connectivity index (χ2v) is 6.28. The van der Waals surface area contributed by atoms with Crippen LogP contribution in [-0.4, -0.2) is 35.5 Å². The van der Waals surface area contributed by atoms with Crippen molar-refractivity contribution in [2.75, 3.05) is 13.2 Å². The highest BCUT2D eigenvalue weighted by Crippen LogP contribution is 2.29. The van der Waals surface area contributed by atoms with Crippen molar-refractivity contribution < 1.29 is 10.2 Å². The van der Waals surface area contributed by atoms with Crippen molar-refractivity contribution in [3.63, 3.8) is 0 Å². The van der Waals surface area contributed by atoms with Crippen molar-refractivity contribution in [3.05, 3.63) is 59.7 Å². The molecule has 0 aromatic heterocycles. The molecule has 0 saturated heterocycles. The zero-order valence-corrected chi connectivity index (χ0v) is 14.1. The van der Waals surface area contributed by atoms with Crippen LogP contribution in [0.15, 0.2) is 48.5 Å². The summed E-state index contributed by atoms with van der Waals surface area (Å²) in [4.78, 5) is 0. The minimum absolute atomic E-state index is 0.0117. The molecule has 0 aliphatic heterocycles. The third-order valence-corrected chi connectivity index (χ3v) is 4.36. The Morgan fingerprint density at radius 3 is 1.42 bits per heavy atom. The van der Waals surface area contributed by atoms with Crippen LogP contribution in [0.4, 0.5) is 0 Å². The summed E-state index contributed by atoms with van der Waals surface area (Å²) in [7, 11) is 0. The van der Waals surface area contributed by atoms with E-state index in [0.717, 1.165) is 25.7 Å². The van der Waals surface area contributed by atoms with Gasteiger partial charge in [-0.25, -0.2) is 0 Å². The Morgan fingerprint density at radius 1 is 0.667 bits per heavy atom. The number of aliphatic hydroxyl groups excluding tert-OH is 2. The van der Waals surface area contributed by atoms with E-state index in [4.69, 9.17) is 21.7 Å². The van der Waals surface area contributed by atoms with Crippen LogP contribution >= 0.6 is 0 Å². The van der Waals surface area contributed by atoms with Crippen molar-refractivity contribution in [1.29, 1.82) is 0 Å². The maximum Gasteiger partial charge on any atom is 0.0582 e. The smallest absolute Gasteiger partial charge is 0.0582 e. The van der Waals surface area contributed by atoms with Crippen LogP contribution in [0.5, 0.6) is 0 Å². The summed E-state index contributed by atoms with van der Waals surface area (Å²) in [6.45, 7) is 0.0234. The Bertz CT molecular complexity index is 575. The van der Waals surface area contributed by atoms with Crippen LogP contribution in [0.1, 0.15) is 24.0 Å². The lowest BCUT2D eigenvalue weighted by atomic mass is 9.90. The molecule has 2 rings (SSSR count). The van der Waals surface area contributed by atoms with Gasteiger partial charge in [-0.15, -0.1) is 0 Å². The van der Waals surface area contributed by atoms with Crippen LogP contribution in [0, 0.1) is 0 Å². The molecular formula is C20H28N2O2. The monoisotopic (exact) mass is 328 g/mol. The Balaban J connectivity index is 2.25. The minimum atomic E-state index is -0.184. The SMILES string of the molecule is NC(CO)CCc1ccccc1-c1ccccc1CCC(N)CO. The Kier molecular flexibility index (Phi) is 7.40. The number of benzene rings is 2. The summed E-state index contributed by atoms with van der Waals surface area (Å²) in [5, 5.41) is 18.3. The van der Waals surface area contributed by atoms with Gasteiger partial charge in [0.15, 0.2) is 0 Å². The van der Waals surface area contributed by atoms with Crippen LogP contribution in [-0.2, 0) is 12.8 Å². The van der Waals surface area contributed by atoms with Crippen LogP contribution in [0.25, 0.3) is 11.1 Å². The number of aliphatic hydroxyl groups is 2. The Morgan fingerprint density at radius 2 is 1.04 bits per heavy atom. The molecule has 0 heterocycles. The normalized spacial score (nSPS) is 13.7. The average Bonchev–Trinajstić information content (AvgIpc) is 2.64. The predicted molar refractivity (Wildman–Crippen MR) is 98.6 cm³/mol. The zero-order chi connectivity index (χ0) is 17.4. The van der Waals surface area contributed by atoms with E-state index in [1.54, 1.807) is 0 Å². The van der Waals surface area contributed by atoms with E-state index in [0.29, 0.717) is 0 Å². The van der Waals surface area contributed by atoms with E-state index in [2.05, 4.69) is 24.3 Å². The van der Waals surface area contributed by atoms with Gasteiger partial charge in [-0.05, 0) is 47.9 Å². The number of aryl methyl sites for hydroxylation is 2. The second kappa shape index (κ2) is 9.55. The fourth-order valence-electron chi connectivity index (χ4n) is 2.87. The van der Waals surface area contributed by atoms with Gasteiger partial charge in [-0.1, -0.05) is 48.5 Å². The van der Waals surface area contributed by atoms with Crippen LogP contribution in [0.3, 0.4) is 0 Å². The largest absolute Gasteiger partial charge is 0.395 e. The van der Waals surface area contributed by atoms with Crippen molar-refractivity contribution >= 4 is 0 Å². The first-order valence-corrected chi connectivity index (χ1v) is 8.54. The molecule has 2 unspecified atom stereocenters. The maximum atomic E-state index is 9.13.